The van der Waals surface area contributed by atoms with Gasteiger partial charge in [0.2, 0.25) is 5.91 Å². The van der Waals surface area contributed by atoms with Crippen molar-refractivity contribution < 1.29 is 14.3 Å². The second kappa shape index (κ2) is 7.14. The molecule has 1 aromatic carbocycles. The maximum absolute atomic E-state index is 11.9. The molecule has 20 heavy (non-hydrogen) atoms. The number of hydrogen-bond donors (Lipinski definition) is 2. The van der Waals surface area contributed by atoms with Crippen molar-refractivity contribution in [2.24, 2.45) is 5.92 Å². The van der Waals surface area contributed by atoms with E-state index in [2.05, 4.69) is 10.6 Å². The lowest BCUT2D eigenvalue weighted by Gasteiger charge is -2.17. The first-order chi connectivity index (χ1) is 9.69. The fraction of sp³-hybridized carbons (Fsp3) is 0.533. The molecule has 0 aliphatic carbocycles. The third kappa shape index (κ3) is 4.13. The van der Waals surface area contributed by atoms with Crippen LogP contribution in [-0.4, -0.2) is 38.8 Å². The van der Waals surface area contributed by atoms with Gasteiger partial charge >= 0.3 is 0 Å². The fourth-order valence-corrected chi connectivity index (χ4v) is 2.20. The average Bonchev–Trinajstić information content (AvgIpc) is 3.00. The van der Waals surface area contributed by atoms with E-state index in [9.17, 15) is 4.79 Å². The summed E-state index contributed by atoms with van der Waals surface area (Å²) in [7, 11) is 1.63. The normalized spacial score (nSPS) is 19.4. The molecule has 1 amide bonds. The van der Waals surface area contributed by atoms with Gasteiger partial charge in [0, 0.05) is 6.54 Å². The molecule has 5 nitrogen and oxygen atoms in total. The Kier molecular flexibility index (Phi) is 5.24. The summed E-state index contributed by atoms with van der Waals surface area (Å²) < 4.78 is 10.8. The van der Waals surface area contributed by atoms with Crippen molar-refractivity contribution in [1.82, 2.24) is 10.6 Å². The highest BCUT2D eigenvalue weighted by atomic mass is 16.5. The monoisotopic (exact) mass is 278 g/mol. The third-order valence-corrected chi connectivity index (χ3v) is 3.39. The van der Waals surface area contributed by atoms with E-state index in [1.165, 1.54) is 0 Å². The van der Waals surface area contributed by atoms with Crippen LogP contribution in [0.2, 0.25) is 0 Å². The Hall–Kier alpha value is -1.75. The van der Waals surface area contributed by atoms with Crippen LogP contribution < -0.4 is 20.1 Å². The number of benzene rings is 1. The van der Waals surface area contributed by atoms with Crippen molar-refractivity contribution in [1.29, 1.82) is 0 Å². The lowest BCUT2D eigenvalue weighted by atomic mass is 10.1. The Balaban J connectivity index is 1.73. The summed E-state index contributed by atoms with van der Waals surface area (Å²) in [5.74, 6) is 1.78. The lowest BCUT2D eigenvalue weighted by molar-refractivity contribution is -0.124. The number of ether oxygens (including phenoxy) is 2. The zero-order valence-electron chi connectivity index (χ0n) is 12.0. The van der Waals surface area contributed by atoms with E-state index in [-0.39, 0.29) is 17.9 Å². The molecule has 2 rings (SSSR count). The van der Waals surface area contributed by atoms with Crippen molar-refractivity contribution >= 4 is 5.91 Å². The van der Waals surface area contributed by atoms with Crippen LogP contribution >= 0.6 is 0 Å². The molecule has 1 saturated heterocycles. The molecule has 0 bridgehead atoms. The number of carbonyl (C=O) groups is 1. The average molecular weight is 278 g/mol. The minimum Gasteiger partial charge on any atom is -0.497 e. The third-order valence-electron chi connectivity index (χ3n) is 3.39. The zero-order valence-corrected chi connectivity index (χ0v) is 12.0. The van der Waals surface area contributed by atoms with Crippen LogP contribution in [0.4, 0.5) is 0 Å². The first kappa shape index (κ1) is 14.7. The van der Waals surface area contributed by atoms with E-state index in [1.54, 1.807) is 7.11 Å². The van der Waals surface area contributed by atoms with Gasteiger partial charge in [-0.05, 0) is 44.2 Å². The van der Waals surface area contributed by atoms with Gasteiger partial charge in [0.1, 0.15) is 17.6 Å². The Labute approximate surface area is 119 Å². The minimum absolute atomic E-state index is 0.0679. The molecule has 1 aliphatic rings. The molecule has 1 fully saturated rings. The molecule has 110 valence electrons. The van der Waals surface area contributed by atoms with Crippen LogP contribution in [0.1, 0.15) is 13.3 Å². The Morgan fingerprint density at radius 2 is 2.10 bits per heavy atom. The van der Waals surface area contributed by atoms with Gasteiger partial charge in [0.15, 0.2) is 0 Å². The molecule has 5 heteroatoms. The summed E-state index contributed by atoms with van der Waals surface area (Å²) in [5, 5.41) is 6.13. The van der Waals surface area contributed by atoms with Gasteiger partial charge < -0.3 is 20.1 Å². The highest BCUT2D eigenvalue weighted by molar-refractivity contribution is 5.79. The molecular weight excluding hydrogens is 256 g/mol. The van der Waals surface area contributed by atoms with Crippen molar-refractivity contribution in [3.8, 4) is 11.5 Å². The molecule has 0 saturated carbocycles. The van der Waals surface area contributed by atoms with Gasteiger partial charge in [-0.1, -0.05) is 0 Å². The lowest BCUT2D eigenvalue weighted by Crippen LogP contribution is -2.38. The summed E-state index contributed by atoms with van der Waals surface area (Å²) in [6.07, 6.45) is 0.848. The summed E-state index contributed by atoms with van der Waals surface area (Å²) in [6, 6.07) is 7.42. The van der Waals surface area contributed by atoms with Gasteiger partial charge in [-0.3, -0.25) is 4.79 Å². The highest BCUT2D eigenvalue weighted by Gasteiger charge is 2.22. The van der Waals surface area contributed by atoms with E-state index in [1.807, 2.05) is 31.2 Å². The van der Waals surface area contributed by atoms with Crippen molar-refractivity contribution in [2.45, 2.75) is 19.4 Å². The van der Waals surface area contributed by atoms with Gasteiger partial charge in [-0.15, -0.1) is 0 Å². The van der Waals surface area contributed by atoms with Crippen LogP contribution in [-0.2, 0) is 4.79 Å². The van der Waals surface area contributed by atoms with Crippen molar-refractivity contribution in [2.75, 3.05) is 26.7 Å². The topological polar surface area (TPSA) is 59.6 Å². The summed E-state index contributed by atoms with van der Waals surface area (Å²) in [5.41, 5.74) is 0. The Morgan fingerprint density at radius 3 is 2.70 bits per heavy atom. The first-order valence-corrected chi connectivity index (χ1v) is 6.98. The van der Waals surface area contributed by atoms with Crippen LogP contribution in [0.5, 0.6) is 11.5 Å². The quantitative estimate of drug-likeness (QED) is 0.820. The molecular formula is C15H22N2O3. The van der Waals surface area contributed by atoms with Gasteiger partial charge in [-0.2, -0.15) is 0 Å². The van der Waals surface area contributed by atoms with Gasteiger partial charge in [0.05, 0.1) is 19.6 Å². The molecule has 0 aromatic heterocycles. The molecule has 2 N–H and O–H groups in total. The summed E-state index contributed by atoms with van der Waals surface area (Å²) in [6.45, 7) is 4.16. The van der Waals surface area contributed by atoms with Crippen LogP contribution in [0.3, 0.4) is 0 Å². The van der Waals surface area contributed by atoms with Crippen molar-refractivity contribution in [3.63, 3.8) is 0 Å². The number of methoxy groups -OCH3 is 1. The second-order valence-corrected chi connectivity index (χ2v) is 5.04. The van der Waals surface area contributed by atoms with Crippen LogP contribution in [0.25, 0.3) is 0 Å². The largest absolute Gasteiger partial charge is 0.497 e. The molecule has 1 aliphatic heterocycles. The van der Waals surface area contributed by atoms with E-state index < -0.39 is 0 Å². The number of nitrogens with one attached hydrogen (secondary N) is 2. The van der Waals surface area contributed by atoms with E-state index in [4.69, 9.17) is 9.47 Å². The van der Waals surface area contributed by atoms with Crippen molar-refractivity contribution in [3.05, 3.63) is 24.3 Å². The van der Waals surface area contributed by atoms with Crippen LogP contribution in [0, 0.1) is 5.92 Å². The van der Waals surface area contributed by atoms with Crippen LogP contribution in [0.15, 0.2) is 24.3 Å². The Morgan fingerprint density at radius 1 is 1.40 bits per heavy atom. The number of hydrogen-bond acceptors (Lipinski definition) is 4. The number of carbonyl (C=O) groups excluding carboxylic acids is 1. The Bertz CT molecular complexity index is 427. The molecule has 2 atom stereocenters. The maximum Gasteiger partial charge on any atom is 0.224 e. The second-order valence-electron chi connectivity index (χ2n) is 5.04. The van der Waals surface area contributed by atoms with E-state index in [0.29, 0.717) is 6.54 Å². The minimum atomic E-state index is -0.0679. The van der Waals surface area contributed by atoms with E-state index >= 15 is 0 Å². The first-order valence-electron chi connectivity index (χ1n) is 6.98. The zero-order chi connectivity index (χ0) is 14.4. The molecule has 0 radical (unpaired) electrons. The predicted molar refractivity (Wildman–Crippen MR) is 77.1 cm³/mol. The van der Waals surface area contributed by atoms with Gasteiger partial charge in [0.25, 0.3) is 0 Å². The summed E-state index contributed by atoms with van der Waals surface area (Å²) in [4.78, 5) is 11.9. The molecule has 2 unspecified atom stereocenters. The standard InChI is InChI=1S/C15H22N2O3/c1-11(9-17-15(18)12-7-8-16-10-12)20-14-5-3-13(19-2)4-6-14/h3-6,11-12,16H,7-10H2,1-2H3,(H,17,18). The molecule has 1 aromatic rings. The number of amides is 1. The number of rotatable bonds is 6. The van der Waals surface area contributed by atoms with E-state index in [0.717, 1.165) is 31.0 Å². The molecule has 1 heterocycles. The maximum atomic E-state index is 11.9. The fourth-order valence-electron chi connectivity index (χ4n) is 2.20. The SMILES string of the molecule is COc1ccc(OC(C)CNC(=O)C2CCNC2)cc1. The highest BCUT2D eigenvalue weighted by Crippen LogP contribution is 2.18. The van der Waals surface area contributed by atoms with Gasteiger partial charge in [-0.25, -0.2) is 0 Å². The smallest absolute Gasteiger partial charge is 0.224 e. The molecule has 0 spiro atoms. The summed E-state index contributed by atoms with van der Waals surface area (Å²) >= 11 is 0. The predicted octanol–water partition coefficient (Wildman–Crippen LogP) is 1.19.